The molecule has 1 aromatic rings. The third kappa shape index (κ3) is 4.82. The number of allylic oxidation sites excluding steroid dienone is 2. The number of esters is 1. The van der Waals surface area contributed by atoms with E-state index in [4.69, 9.17) is 4.74 Å². The smallest absolute Gasteiger partial charge is 0.317 e. The molecular formula is C26H36O3. The number of hydrogen-bond donors (Lipinski definition) is 0. The Balaban J connectivity index is 1.82. The molecule has 3 heteroatoms. The Morgan fingerprint density at radius 1 is 1.14 bits per heavy atom. The van der Waals surface area contributed by atoms with E-state index in [9.17, 15) is 9.59 Å². The van der Waals surface area contributed by atoms with Gasteiger partial charge in [-0.15, -0.1) is 0 Å². The van der Waals surface area contributed by atoms with Crippen LogP contribution in [0.5, 0.6) is 0 Å². The third-order valence-corrected chi connectivity index (χ3v) is 7.20. The SMILES string of the molecule is C/C=C/[C@@H]1CCCC(=O)[C@@H]1C(=O)O[C@@H]1C[C@H](C)CC[C@H]1C(C)(C)c1ccccc1. The van der Waals surface area contributed by atoms with Crippen LogP contribution in [0.25, 0.3) is 0 Å². The lowest BCUT2D eigenvalue weighted by Crippen LogP contribution is -2.45. The van der Waals surface area contributed by atoms with E-state index in [1.165, 1.54) is 5.56 Å². The zero-order valence-electron chi connectivity index (χ0n) is 18.4. The summed E-state index contributed by atoms with van der Waals surface area (Å²) in [6.07, 6.45) is 9.14. The van der Waals surface area contributed by atoms with E-state index in [1.54, 1.807) is 0 Å². The highest BCUT2D eigenvalue weighted by Crippen LogP contribution is 2.44. The Hall–Kier alpha value is -1.90. The first-order chi connectivity index (χ1) is 13.8. The number of hydrogen-bond acceptors (Lipinski definition) is 3. The van der Waals surface area contributed by atoms with E-state index in [-0.39, 0.29) is 35.1 Å². The fraction of sp³-hybridized carbons (Fsp3) is 0.615. The van der Waals surface area contributed by atoms with Crippen LogP contribution in [0, 0.1) is 23.7 Å². The summed E-state index contributed by atoms with van der Waals surface area (Å²) in [5, 5.41) is 0. The average Bonchev–Trinajstić information content (AvgIpc) is 2.69. The molecule has 2 fully saturated rings. The predicted molar refractivity (Wildman–Crippen MR) is 117 cm³/mol. The molecule has 3 nitrogen and oxygen atoms in total. The topological polar surface area (TPSA) is 43.4 Å². The normalized spacial score (nSPS) is 31.0. The van der Waals surface area contributed by atoms with Crippen LogP contribution in [-0.2, 0) is 19.7 Å². The van der Waals surface area contributed by atoms with Gasteiger partial charge in [0, 0.05) is 12.3 Å². The molecule has 2 aliphatic carbocycles. The number of Topliss-reactive ketones (excluding diaryl/α,β-unsaturated/α-hetero) is 1. The second kappa shape index (κ2) is 9.28. The molecule has 3 rings (SSSR count). The van der Waals surface area contributed by atoms with Crippen molar-refractivity contribution in [3.8, 4) is 0 Å². The Morgan fingerprint density at radius 2 is 1.86 bits per heavy atom. The van der Waals surface area contributed by atoms with Crippen molar-refractivity contribution in [2.45, 2.75) is 77.7 Å². The van der Waals surface area contributed by atoms with Gasteiger partial charge in [0.15, 0.2) is 0 Å². The molecule has 0 saturated heterocycles. The van der Waals surface area contributed by atoms with Crippen molar-refractivity contribution in [2.75, 3.05) is 0 Å². The van der Waals surface area contributed by atoms with E-state index in [1.807, 2.05) is 25.1 Å². The molecule has 0 aromatic heterocycles. The van der Waals surface area contributed by atoms with Gasteiger partial charge in [0.05, 0.1) is 0 Å². The molecule has 0 heterocycles. The maximum Gasteiger partial charge on any atom is 0.317 e. The van der Waals surface area contributed by atoms with E-state index < -0.39 is 5.92 Å². The average molecular weight is 397 g/mol. The van der Waals surface area contributed by atoms with Gasteiger partial charge >= 0.3 is 5.97 Å². The molecule has 2 aliphatic rings. The molecule has 0 radical (unpaired) electrons. The maximum atomic E-state index is 13.2. The fourth-order valence-electron chi connectivity index (χ4n) is 5.42. The molecule has 0 spiro atoms. The van der Waals surface area contributed by atoms with E-state index in [0.29, 0.717) is 12.3 Å². The lowest BCUT2D eigenvalue weighted by molar-refractivity contribution is -0.166. The molecule has 29 heavy (non-hydrogen) atoms. The van der Waals surface area contributed by atoms with Crippen LogP contribution in [0.3, 0.4) is 0 Å². The van der Waals surface area contributed by atoms with Gasteiger partial charge in [0.1, 0.15) is 17.8 Å². The summed E-state index contributed by atoms with van der Waals surface area (Å²) in [4.78, 5) is 25.8. The largest absolute Gasteiger partial charge is 0.461 e. The van der Waals surface area contributed by atoms with Crippen molar-refractivity contribution in [2.24, 2.45) is 23.7 Å². The minimum atomic E-state index is -0.627. The summed E-state index contributed by atoms with van der Waals surface area (Å²) in [5.41, 5.74) is 1.19. The van der Waals surface area contributed by atoms with Crippen molar-refractivity contribution in [3.05, 3.63) is 48.0 Å². The Morgan fingerprint density at radius 3 is 2.55 bits per heavy atom. The Bertz CT molecular complexity index is 734. The first-order valence-electron chi connectivity index (χ1n) is 11.3. The van der Waals surface area contributed by atoms with Crippen LogP contribution in [0.4, 0.5) is 0 Å². The van der Waals surface area contributed by atoms with Crippen molar-refractivity contribution in [1.29, 1.82) is 0 Å². The van der Waals surface area contributed by atoms with Crippen molar-refractivity contribution in [1.82, 2.24) is 0 Å². The highest BCUT2D eigenvalue weighted by molar-refractivity contribution is 6.00. The first kappa shape index (κ1) is 21.8. The standard InChI is InChI=1S/C26H36O3/c1-5-10-19-11-9-14-22(27)24(19)25(28)29-23-17-18(2)15-16-21(23)26(3,4)20-12-7-6-8-13-20/h5-8,10,12-13,18-19,21,23-24H,9,11,14-17H2,1-4H3/b10-5+/t18-,19-,21-,23-,24-/m1/s1. The minimum Gasteiger partial charge on any atom is -0.461 e. The molecule has 0 bridgehead atoms. The zero-order chi connectivity index (χ0) is 21.0. The third-order valence-electron chi connectivity index (χ3n) is 7.20. The van der Waals surface area contributed by atoms with E-state index in [0.717, 1.165) is 32.1 Å². The first-order valence-corrected chi connectivity index (χ1v) is 11.3. The van der Waals surface area contributed by atoms with Crippen LogP contribution >= 0.6 is 0 Å². The predicted octanol–water partition coefficient (Wildman–Crippen LogP) is 5.87. The van der Waals surface area contributed by atoms with E-state index >= 15 is 0 Å². The van der Waals surface area contributed by atoms with Crippen molar-refractivity contribution >= 4 is 11.8 Å². The molecular weight excluding hydrogens is 360 g/mol. The van der Waals surface area contributed by atoms with Gasteiger partial charge in [0.2, 0.25) is 0 Å². The lowest BCUT2D eigenvalue weighted by atomic mass is 9.64. The number of carbonyl (C=O) groups is 2. The van der Waals surface area contributed by atoms with Gasteiger partial charge in [0.25, 0.3) is 0 Å². The zero-order valence-corrected chi connectivity index (χ0v) is 18.4. The highest BCUT2D eigenvalue weighted by atomic mass is 16.5. The van der Waals surface area contributed by atoms with Gasteiger partial charge in [-0.3, -0.25) is 9.59 Å². The maximum absolute atomic E-state index is 13.2. The van der Waals surface area contributed by atoms with Gasteiger partial charge in [-0.25, -0.2) is 0 Å². The highest BCUT2D eigenvalue weighted by Gasteiger charge is 2.44. The molecule has 2 saturated carbocycles. The Kier molecular flexibility index (Phi) is 6.97. The fourth-order valence-corrected chi connectivity index (χ4v) is 5.42. The molecule has 0 amide bonds. The second-order valence-corrected chi connectivity index (χ2v) is 9.61. The van der Waals surface area contributed by atoms with Crippen LogP contribution < -0.4 is 0 Å². The summed E-state index contributed by atoms with van der Waals surface area (Å²) < 4.78 is 6.18. The Labute approximate surface area is 175 Å². The van der Waals surface area contributed by atoms with Crippen LogP contribution in [-0.4, -0.2) is 17.9 Å². The molecule has 0 unspecified atom stereocenters. The second-order valence-electron chi connectivity index (χ2n) is 9.61. The van der Waals surface area contributed by atoms with Crippen LogP contribution in [0.15, 0.2) is 42.5 Å². The lowest BCUT2D eigenvalue weighted by Gasteiger charge is -2.44. The summed E-state index contributed by atoms with van der Waals surface area (Å²) in [7, 11) is 0. The van der Waals surface area contributed by atoms with Gasteiger partial charge in [-0.2, -0.15) is 0 Å². The minimum absolute atomic E-state index is 0.0182. The van der Waals surface area contributed by atoms with E-state index in [2.05, 4.69) is 45.0 Å². The summed E-state index contributed by atoms with van der Waals surface area (Å²) in [6, 6.07) is 10.5. The molecule has 0 N–H and O–H groups in total. The summed E-state index contributed by atoms with van der Waals surface area (Å²) >= 11 is 0. The van der Waals surface area contributed by atoms with Crippen molar-refractivity contribution < 1.29 is 14.3 Å². The number of rotatable bonds is 5. The van der Waals surface area contributed by atoms with Gasteiger partial charge in [-0.05, 0) is 55.4 Å². The number of benzene rings is 1. The number of carbonyl (C=O) groups excluding carboxylic acids is 2. The van der Waals surface area contributed by atoms with Crippen LogP contribution in [0.1, 0.15) is 71.8 Å². The van der Waals surface area contributed by atoms with Gasteiger partial charge < -0.3 is 4.74 Å². The molecule has 0 aliphatic heterocycles. The summed E-state index contributed by atoms with van der Waals surface area (Å²) in [5.74, 6) is -0.112. The molecule has 5 atom stereocenters. The molecule has 158 valence electrons. The van der Waals surface area contributed by atoms with Crippen molar-refractivity contribution in [3.63, 3.8) is 0 Å². The number of ether oxygens (including phenoxy) is 1. The quantitative estimate of drug-likeness (QED) is 0.355. The van der Waals surface area contributed by atoms with Gasteiger partial charge in [-0.1, -0.05) is 69.7 Å². The monoisotopic (exact) mass is 396 g/mol. The van der Waals surface area contributed by atoms with Crippen LogP contribution in [0.2, 0.25) is 0 Å². The summed E-state index contributed by atoms with van der Waals surface area (Å²) in [6.45, 7) is 8.71. The molecule has 1 aromatic carbocycles. The number of ketones is 1.